The molecule has 1 aromatic heterocycles. The summed E-state index contributed by atoms with van der Waals surface area (Å²) in [5.41, 5.74) is 6.19. The number of aliphatic carboxylic acids is 1. The standard InChI is InChI=1S/C16H26N6O6/c1-8(2)13(17)15(26)22-11(6-23)14(25)19-5-12(24)21-10(16(27)28)3-9-4-18-7-20-9/h4,7-8,10-11,13,23H,3,5-6,17H2,1-2H3,(H,18,20)(H,19,25)(H,21,24)(H,22,26)(H,27,28). The van der Waals surface area contributed by atoms with E-state index < -0.39 is 55.0 Å². The quantitative estimate of drug-likeness (QED) is 0.206. The topological polar surface area (TPSA) is 200 Å². The minimum atomic E-state index is -1.29. The van der Waals surface area contributed by atoms with Crippen molar-refractivity contribution in [3.8, 4) is 0 Å². The monoisotopic (exact) mass is 398 g/mol. The molecular weight excluding hydrogens is 372 g/mol. The normalized spacial score (nSPS) is 14.0. The summed E-state index contributed by atoms with van der Waals surface area (Å²) >= 11 is 0. The molecule has 0 aromatic carbocycles. The van der Waals surface area contributed by atoms with Crippen molar-refractivity contribution in [2.45, 2.75) is 38.4 Å². The molecule has 0 aliphatic heterocycles. The first-order chi connectivity index (χ1) is 13.1. The number of carboxylic acid groups (broad SMARTS) is 1. The Bertz CT molecular complexity index is 677. The van der Waals surface area contributed by atoms with Crippen LogP contribution >= 0.6 is 0 Å². The van der Waals surface area contributed by atoms with Crippen LogP contribution in [0.4, 0.5) is 0 Å². The molecule has 0 aliphatic carbocycles. The predicted octanol–water partition coefficient (Wildman–Crippen LogP) is -2.90. The number of rotatable bonds is 11. The maximum atomic E-state index is 12.0. The summed E-state index contributed by atoms with van der Waals surface area (Å²) in [5, 5.41) is 25.3. The number of nitrogens with one attached hydrogen (secondary N) is 4. The third-order valence-electron chi connectivity index (χ3n) is 3.87. The van der Waals surface area contributed by atoms with E-state index in [-0.39, 0.29) is 12.3 Å². The van der Waals surface area contributed by atoms with E-state index >= 15 is 0 Å². The van der Waals surface area contributed by atoms with Crippen molar-refractivity contribution in [1.29, 1.82) is 0 Å². The molecule has 156 valence electrons. The second kappa shape index (κ2) is 11.0. The van der Waals surface area contributed by atoms with Crippen LogP contribution in [0.15, 0.2) is 12.5 Å². The van der Waals surface area contributed by atoms with Crippen LogP contribution in [-0.4, -0.2) is 75.1 Å². The number of aliphatic hydroxyl groups is 1. The van der Waals surface area contributed by atoms with Gasteiger partial charge in [0, 0.05) is 18.3 Å². The van der Waals surface area contributed by atoms with Crippen LogP contribution in [-0.2, 0) is 25.6 Å². The number of hydrogen-bond donors (Lipinski definition) is 7. The first kappa shape index (κ1) is 23.0. The van der Waals surface area contributed by atoms with E-state index in [0.717, 1.165) is 0 Å². The Balaban J connectivity index is 2.53. The van der Waals surface area contributed by atoms with E-state index in [0.29, 0.717) is 5.69 Å². The lowest BCUT2D eigenvalue weighted by atomic mass is 10.0. The zero-order chi connectivity index (χ0) is 21.3. The van der Waals surface area contributed by atoms with Gasteiger partial charge in [-0.3, -0.25) is 14.4 Å². The fourth-order valence-corrected chi connectivity index (χ4v) is 2.12. The molecule has 1 aromatic rings. The Morgan fingerprint density at radius 2 is 1.86 bits per heavy atom. The second-order valence-electron chi connectivity index (χ2n) is 6.47. The number of aliphatic hydroxyl groups excluding tert-OH is 1. The highest BCUT2D eigenvalue weighted by atomic mass is 16.4. The molecule has 3 atom stereocenters. The zero-order valence-corrected chi connectivity index (χ0v) is 15.6. The minimum Gasteiger partial charge on any atom is -0.480 e. The Kier molecular flexibility index (Phi) is 9.05. The lowest BCUT2D eigenvalue weighted by Crippen LogP contribution is -2.55. The van der Waals surface area contributed by atoms with E-state index in [1.807, 2.05) is 0 Å². The van der Waals surface area contributed by atoms with Crippen molar-refractivity contribution in [1.82, 2.24) is 25.9 Å². The van der Waals surface area contributed by atoms with Gasteiger partial charge in [-0.2, -0.15) is 0 Å². The molecule has 3 amide bonds. The van der Waals surface area contributed by atoms with Crippen LogP contribution in [0.3, 0.4) is 0 Å². The van der Waals surface area contributed by atoms with Gasteiger partial charge in [0.2, 0.25) is 17.7 Å². The lowest BCUT2D eigenvalue weighted by molar-refractivity contribution is -0.141. The summed E-state index contributed by atoms with van der Waals surface area (Å²) in [6, 6.07) is -3.36. The fourth-order valence-electron chi connectivity index (χ4n) is 2.12. The smallest absolute Gasteiger partial charge is 0.326 e. The summed E-state index contributed by atoms with van der Waals surface area (Å²) in [6.07, 6.45) is 2.79. The van der Waals surface area contributed by atoms with Gasteiger partial charge in [-0.1, -0.05) is 13.8 Å². The average Bonchev–Trinajstić information content (AvgIpc) is 3.15. The third-order valence-corrected chi connectivity index (χ3v) is 3.87. The van der Waals surface area contributed by atoms with Gasteiger partial charge in [-0.05, 0) is 5.92 Å². The Labute approximate surface area is 161 Å². The van der Waals surface area contributed by atoms with Crippen LogP contribution in [0.2, 0.25) is 0 Å². The number of amides is 3. The van der Waals surface area contributed by atoms with Crippen molar-refractivity contribution in [2.75, 3.05) is 13.2 Å². The zero-order valence-electron chi connectivity index (χ0n) is 15.6. The predicted molar refractivity (Wildman–Crippen MR) is 96.7 cm³/mol. The molecule has 0 spiro atoms. The molecule has 0 fully saturated rings. The van der Waals surface area contributed by atoms with Crippen LogP contribution in [0.25, 0.3) is 0 Å². The summed E-state index contributed by atoms with van der Waals surface area (Å²) in [4.78, 5) is 53.6. The van der Waals surface area contributed by atoms with Gasteiger partial charge in [0.1, 0.15) is 12.1 Å². The van der Waals surface area contributed by atoms with Crippen molar-refractivity contribution in [2.24, 2.45) is 11.7 Å². The second-order valence-corrected chi connectivity index (χ2v) is 6.47. The number of carbonyl (C=O) groups excluding carboxylic acids is 3. The highest BCUT2D eigenvalue weighted by Gasteiger charge is 2.26. The van der Waals surface area contributed by atoms with Crippen LogP contribution in [0.1, 0.15) is 19.5 Å². The molecular formula is C16H26N6O6. The van der Waals surface area contributed by atoms with E-state index in [4.69, 9.17) is 5.73 Å². The number of hydrogen-bond acceptors (Lipinski definition) is 7. The number of nitrogens with two attached hydrogens (primary N) is 1. The molecule has 1 rings (SSSR count). The largest absolute Gasteiger partial charge is 0.480 e. The van der Waals surface area contributed by atoms with Gasteiger partial charge in [-0.15, -0.1) is 0 Å². The summed E-state index contributed by atoms with van der Waals surface area (Å²) in [6.45, 7) is 2.23. The van der Waals surface area contributed by atoms with Crippen molar-refractivity contribution in [3.63, 3.8) is 0 Å². The van der Waals surface area contributed by atoms with Gasteiger partial charge >= 0.3 is 5.97 Å². The van der Waals surface area contributed by atoms with Gasteiger partial charge in [0.15, 0.2) is 0 Å². The van der Waals surface area contributed by atoms with Crippen molar-refractivity contribution < 1.29 is 29.4 Å². The molecule has 1 heterocycles. The summed E-state index contributed by atoms with van der Waals surface area (Å²) in [7, 11) is 0. The van der Waals surface area contributed by atoms with Crippen LogP contribution in [0.5, 0.6) is 0 Å². The van der Waals surface area contributed by atoms with Gasteiger partial charge in [0.25, 0.3) is 0 Å². The highest BCUT2D eigenvalue weighted by Crippen LogP contribution is 2.00. The number of aromatic amines is 1. The maximum absolute atomic E-state index is 12.0. The number of H-pyrrole nitrogens is 1. The molecule has 3 unspecified atom stereocenters. The average molecular weight is 398 g/mol. The summed E-state index contributed by atoms with van der Waals surface area (Å²) in [5.74, 6) is -3.59. The number of carboxylic acids is 1. The maximum Gasteiger partial charge on any atom is 0.326 e. The summed E-state index contributed by atoms with van der Waals surface area (Å²) < 4.78 is 0. The van der Waals surface area contributed by atoms with Gasteiger partial charge in [0.05, 0.1) is 25.5 Å². The molecule has 0 radical (unpaired) electrons. The van der Waals surface area contributed by atoms with Crippen molar-refractivity contribution >= 4 is 23.7 Å². The number of carbonyl (C=O) groups is 4. The van der Waals surface area contributed by atoms with E-state index in [9.17, 15) is 29.4 Å². The Hall–Kier alpha value is -2.99. The van der Waals surface area contributed by atoms with E-state index in [1.165, 1.54) is 12.5 Å². The Morgan fingerprint density at radius 1 is 1.18 bits per heavy atom. The molecule has 0 saturated carbocycles. The molecule has 28 heavy (non-hydrogen) atoms. The molecule has 8 N–H and O–H groups in total. The number of nitrogens with zero attached hydrogens (tertiary/aromatic N) is 1. The first-order valence-electron chi connectivity index (χ1n) is 8.59. The van der Waals surface area contributed by atoms with Gasteiger partial charge in [-0.25, -0.2) is 9.78 Å². The molecule has 0 bridgehead atoms. The van der Waals surface area contributed by atoms with E-state index in [2.05, 4.69) is 25.9 Å². The number of aromatic nitrogens is 2. The third kappa shape index (κ3) is 7.32. The van der Waals surface area contributed by atoms with Crippen LogP contribution < -0.4 is 21.7 Å². The SMILES string of the molecule is CC(C)C(N)C(=O)NC(CO)C(=O)NCC(=O)NC(Cc1cnc[nH]1)C(=O)O. The fraction of sp³-hybridized carbons (Fsp3) is 0.562. The van der Waals surface area contributed by atoms with Gasteiger partial charge < -0.3 is 36.9 Å². The highest BCUT2D eigenvalue weighted by molar-refractivity contribution is 5.92. The minimum absolute atomic E-state index is 0.0164. The van der Waals surface area contributed by atoms with E-state index in [1.54, 1.807) is 13.8 Å². The lowest BCUT2D eigenvalue weighted by Gasteiger charge is -2.20. The first-order valence-corrected chi connectivity index (χ1v) is 8.59. The number of imidazole rings is 1. The Morgan fingerprint density at radius 3 is 2.36 bits per heavy atom. The molecule has 12 nitrogen and oxygen atoms in total. The molecule has 12 heteroatoms. The van der Waals surface area contributed by atoms with Crippen LogP contribution in [0, 0.1) is 5.92 Å². The van der Waals surface area contributed by atoms with Crippen molar-refractivity contribution in [3.05, 3.63) is 18.2 Å². The molecule has 0 saturated heterocycles. The molecule has 0 aliphatic rings.